The normalized spacial score (nSPS) is 11.2. The fourth-order valence-corrected chi connectivity index (χ4v) is 3.05. The van der Waals surface area contributed by atoms with Crippen LogP contribution >= 0.6 is 11.6 Å². The van der Waals surface area contributed by atoms with Crippen LogP contribution in [0.5, 0.6) is 0 Å². The Morgan fingerprint density at radius 1 is 1.23 bits per heavy atom. The number of aromatic nitrogens is 1. The molecule has 0 bridgehead atoms. The van der Waals surface area contributed by atoms with E-state index in [2.05, 4.69) is 15.0 Å². The van der Waals surface area contributed by atoms with Crippen LogP contribution < -0.4 is 10.0 Å². The van der Waals surface area contributed by atoms with Crippen molar-refractivity contribution in [3.05, 3.63) is 47.4 Å². The Hall–Kier alpha value is -1.86. The molecule has 0 aliphatic carbocycles. The van der Waals surface area contributed by atoms with Gasteiger partial charge >= 0.3 is 0 Å². The van der Waals surface area contributed by atoms with E-state index in [-0.39, 0.29) is 10.8 Å². The minimum Gasteiger partial charge on any atom is -0.340 e. The van der Waals surface area contributed by atoms with Crippen LogP contribution in [0.4, 0.5) is 21.6 Å². The van der Waals surface area contributed by atoms with E-state index in [0.717, 1.165) is 0 Å². The summed E-state index contributed by atoms with van der Waals surface area (Å²) in [5.41, 5.74) is 0.967. The summed E-state index contributed by atoms with van der Waals surface area (Å²) in [5.74, 6) is 0.0446. The monoisotopic (exact) mass is 343 g/mol. The molecule has 2 rings (SSSR count). The average molecular weight is 344 g/mol. The van der Waals surface area contributed by atoms with Crippen LogP contribution in [0.15, 0.2) is 36.5 Å². The number of anilines is 3. The molecule has 0 unspecified atom stereocenters. The number of hydrogen-bond acceptors (Lipinski definition) is 4. The van der Waals surface area contributed by atoms with Gasteiger partial charge in [-0.2, -0.15) is 0 Å². The van der Waals surface area contributed by atoms with Gasteiger partial charge in [-0.1, -0.05) is 18.5 Å². The van der Waals surface area contributed by atoms with Gasteiger partial charge in [-0.3, -0.25) is 4.72 Å². The number of sulfonamides is 1. The first kappa shape index (κ1) is 16.5. The van der Waals surface area contributed by atoms with E-state index in [9.17, 15) is 12.8 Å². The van der Waals surface area contributed by atoms with Crippen LogP contribution in [0, 0.1) is 5.82 Å². The molecule has 1 aromatic carbocycles. The van der Waals surface area contributed by atoms with Gasteiger partial charge < -0.3 is 5.32 Å². The van der Waals surface area contributed by atoms with Crippen molar-refractivity contribution in [2.75, 3.05) is 15.8 Å². The largest absolute Gasteiger partial charge is 0.340 e. The van der Waals surface area contributed by atoms with Gasteiger partial charge in [0.15, 0.2) is 0 Å². The van der Waals surface area contributed by atoms with Crippen molar-refractivity contribution in [2.45, 2.75) is 13.3 Å². The molecule has 1 aromatic heterocycles. The number of pyridine rings is 1. The lowest BCUT2D eigenvalue weighted by Gasteiger charge is -2.09. The lowest BCUT2D eigenvalue weighted by molar-refractivity contribution is 0.600. The van der Waals surface area contributed by atoms with E-state index in [1.807, 2.05) is 0 Å². The van der Waals surface area contributed by atoms with Crippen molar-refractivity contribution in [1.29, 1.82) is 0 Å². The van der Waals surface area contributed by atoms with Crippen LogP contribution in [-0.2, 0) is 10.0 Å². The predicted octanol–water partition coefficient (Wildman–Crippen LogP) is 3.77. The molecule has 0 radical (unpaired) electrons. The number of nitrogens with one attached hydrogen (secondary N) is 2. The topological polar surface area (TPSA) is 71.1 Å². The SMILES string of the molecule is CCCS(=O)(=O)Nc1ccc(Nc2ccc(F)c(Cl)c2)nc1. The lowest BCUT2D eigenvalue weighted by Crippen LogP contribution is -2.16. The highest BCUT2D eigenvalue weighted by Gasteiger charge is 2.09. The van der Waals surface area contributed by atoms with Crippen LogP contribution in [0.2, 0.25) is 5.02 Å². The van der Waals surface area contributed by atoms with Gasteiger partial charge in [0, 0.05) is 5.69 Å². The second-order valence-electron chi connectivity index (χ2n) is 4.61. The number of halogens is 2. The smallest absolute Gasteiger partial charge is 0.232 e. The van der Waals surface area contributed by atoms with Crippen molar-refractivity contribution in [3.8, 4) is 0 Å². The first-order valence-corrected chi connectivity index (χ1v) is 8.61. The Labute approximate surface area is 133 Å². The fourth-order valence-electron chi connectivity index (χ4n) is 1.75. The molecule has 5 nitrogen and oxygen atoms in total. The minimum absolute atomic E-state index is 0.00828. The second kappa shape index (κ2) is 6.93. The quantitative estimate of drug-likeness (QED) is 0.837. The Morgan fingerprint density at radius 3 is 2.55 bits per heavy atom. The van der Waals surface area contributed by atoms with Crippen molar-refractivity contribution in [1.82, 2.24) is 4.98 Å². The zero-order chi connectivity index (χ0) is 16.2. The maximum Gasteiger partial charge on any atom is 0.232 e. The fraction of sp³-hybridized carbons (Fsp3) is 0.214. The number of rotatable bonds is 6. The van der Waals surface area contributed by atoms with E-state index < -0.39 is 15.8 Å². The zero-order valence-corrected chi connectivity index (χ0v) is 13.4. The molecular weight excluding hydrogens is 329 g/mol. The summed E-state index contributed by atoms with van der Waals surface area (Å²) in [7, 11) is -3.34. The van der Waals surface area contributed by atoms with E-state index in [1.54, 1.807) is 19.1 Å². The molecule has 0 aliphatic rings. The molecule has 0 fully saturated rings. The van der Waals surface area contributed by atoms with Gasteiger partial charge in [0.25, 0.3) is 0 Å². The highest BCUT2D eigenvalue weighted by Crippen LogP contribution is 2.22. The second-order valence-corrected chi connectivity index (χ2v) is 6.86. The molecule has 8 heteroatoms. The maximum atomic E-state index is 13.1. The van der Waals surface area contributed by atoms with Crippen LogP contribution in [0.1, 0.15) is 13.3 Å². The molecule has 2 aromatic rings. The first-order chi connectivity index (χ1) is 10.4. The summed E-state index contributed by atoms with van der Waals surface area (Å²) in [6, 6.07) is 7.42. The zero-order valence-electron chi connectivity index (χ0n) is 11.8. The lowest BCUT2D eigenvalue weighted by atomic mass is 10.3. The maximum absolute atomic E-state index is 13.1. The van der Waals surface area contributed by atoms with Crippen molar-refractivity contribution >= 4 is 38.8 Å². The first-order valence-electron chi connectivity index (χ1n) is 6.58. The van der Waals surface area contributed by atoms with Crippen molar-refractivity contribution in [3.63, 3.8) is 0 Å². The minimum atomic E-state index is -3.34. The van der Waals surface area contributed by atoms with E-state index in [1.165, 1.54) is 24.4 Å². The Kier molecular flexibility index (Phi) is 5.20. The molecule has 0 saturated heterocycles. The summed E-state index contributed by atoms with van der Waals surface area (Å²) in [6.45, 7) is 1.79. The van der Waals surface area contributed by atoms with Crippen LogP contribution in [-0.4, -0.2) is 19.2 Å². The highest BCUT2D eigenvalue weighted by molar-refractivity contribution is 7.92. The van der Waals surface area contributed by atoms with Gasteiger partial charge in [-0.15, -0.1) is 0 Å². The third-order valence-corrected chi connectivity index (χ3v) is 4.48. The Balaban J connectivity index is 2.07. The molecule has 0 spiro atoms. The van der Waals surface area contributed by atoms with Gasteiger partial charge in [0.1, 0.15) is 11.6 Å². The molecule has 2 N–H and O–H groups in total. The summed E-state index contributed by atoms with van der Waals surface area (Å²) in [4.78, 5) is 4.10. The molecule has 118 valence electrons. The molecule has 0 amide bonds. The van der Waals surface area contributed by atoms with Crippen LogP contribution in [0.25, 0.3) is 0 Å². The predicted molar refractivity (Wildman–Crippen MR) is 86.6 cm³/mol. The number of nitrogens with zero attached hydrogens (tertiary/aromatic N) is 1. The Morgan fingerprint density at radius 2 is 1.95 bits per heavy atom. The highest BCUT2D eigenvalue weighted by atomic mass is 35.5. The average Bonchev–Trinajstić information content (AvgIpc) is 2.44. The number of benzene rings is 1. The third-order valence-electron chi connectivity index (χ3n) is 2.70. The standard InChI is InChI=1S/C14H15ClFN3O2S/c1-2-7-22(20,21)19-11-4-6-14(17-9-11)18-10-3-5-13(16)12(15)8-10/h3-6,8-9,19H,2,7H2,1H3,(H,17,18). The van der Waals surface area contributed by atoms with E-state index in [0.29, 0.717) is 23.6 Å². The van der Waals surface area contributed by atoms with Gasteiger partial charge in [0.2, 0.25) is 10.0 Å². The summed E-state index contributed by atoms with van der Waals surface area (Å²) in [6.07, 6.45) is 1.94. The van der Waals surface area contributed by atoms with E-state index >= 15 is 0 Å². The number of hydrogen-bond donors (Lipinski definition) is 2. The molecule has 1 heterocycles. The molecule has 0 atom stereocenters. The summed E-state index contributed by atoms with van der Waals surface area (Å²) >= 11 is 5.70. The summed E-state index contributed by atoms with van der Waals surface area (Å²) < 4.78 is 38.8. The molecule has 22 heavy (non-hydrogen) atoms. The van der Waals surface area contributed by atoms with Crippen molar-refractivity contribution in [2.24, 2.45) is 0 Å². The Bertz CT molecular complexity index is 751. The summed E-state index contributed by atoms with van der Waals surface area (Å²) in [5, 5.41) is 2.96. The third kappa shape index (κ3) is 4.57. The van der Waals surface area contributed by atoms with Crippen molar-refractivity contribution < 1.29 is 12.8 Å². The molecule has 0 saturated carbocycles. The van der Waals surface area contributed by atoms with Gasteiger partial charge in [0.05, 0.1) is 22.7 Å². The van der Waals surface area contributed by atoms with Gasteiger partial charge in [-0.25, -0.2) is 17.8 Å². The molecular formula is C14H15ClFN3O2S. The van der Waals surface area contributed by atoms with Crippen LogP contribution in [0.3, 0.4) is 0 Å². The van der Waals surface area contributed by atoms with Gasteiger partial charge in [-0.05, 0) is 36.8 Å². The van der Waals surface area contributed by atoms with E-state index in [4.69, 9.17) is 11.6 Å². The molecule has 0 aliphatic heterocycles.